The summed E-state index contributed by atoms with van der Waals surface area (Å²) >= 11 is 5.90. The molecule has 0 aliphatic carbocycles. The van der Waals surface area contributed by atoms with Gasteiger partial charge in [-0.15, -0.1) is 0 Å². The minimum absolute atomic E-state index is 0.0213. The molecule has 0 saturated carbocycles. The van der Waals surface area contributed by atoms with Crippen molar-refractivity contribution in [2.24, 2.45) is 0 Å². The van der Waals surface area contributed by atoms with Gasteiger partial charge in [-0.2, -0.15) is 10.4 Å². The monoisotopic (exact) mass is 288 g/mol. The molecule has 0 radical (unpaired) electrons. The molecule has 1 aromatic carbocycles. The molecule has 0 spiro atoms. The van der Waals surface area contributed by atoms with Crippen LogP contribution in [0.2, 0.25) is 5.02 Å². The number of hydrogen-bond donors (Lipinski definition) is 1. The molecule has 0 unspecified atom stereocenters. The zero-order chi connectivity index (χ0) is 14.8. The highest BCUT2D eigenvalue weighted by Gasteiger charge is 2.13. The molecule has 104 valence electrons. The molecule has 0 saturated heterocycles. The maximum absolute atomic E-state index is 8.95. The fourth-order valence-electron chi connectivity index (χ4n) is 1.74. The van der Waals surface area contributed by atoms with Gasteiger partial charge in [-0.3, -0.25) is 4.68 Å². The van der Waals surface area contributed by atoms with Crippen molar-refractivity contribution in [3.05, 3.63) is 46.7 Å². The van der Waals surface area contributed by atoms with Gasteiger partial charge in [0.2, 0.25) is 0 Å². The summed E-state index contributed by atoms with van der Waals surface area (Å²) in [7, 11) is 0. The van der Waals surface area contributed by atoms with Crippen LogP contribution in [0, 0.1) is 11.3 Å². The van der Waals surface area contributed by atoms with Gasteiger partial charge in [0.05, 0.1) is 22.3 Å². The first-order valence-electron chi connectivity index (χ1n) is 6.38. The summed E-state index contributed by atoms with van der Waals surface area (Å²) in [5, 5.41) is 17.0. The van der Waals surface area contributed by atoms with Crippen LogP contribution in [0.3, 0.4) is 0 Å². The minimum Gasteiger partial charge on any atom is -0.381 e. The first kappa shape index (κ1) is 14.4. The van der Waals surface area contributed by atoms with Crippen molar-refractivity contribution in [3.63, 3.8) is 0 Å². The van der Waals surface area contributed by atoms with Crippen molar-refractivity contribution < 1.29 is 0 Å². The van der Waals surface area contributed by atoms with Crippen LogP contribution >= 0.6 is 11.6 Å². The van der Waals surface area contributed by atoms with Crippen molar-refractivity contribution in [2.45, 2.75) is 32.9 Å². The normalized spacial score (nSPS) is 11.2. The topological polar surface area (TPSA) is 53.6 Å². The number of aromatic nitrogens is 2. The lowest BCUT2D eigenvalue weighted by Crippen LogP contribution is -2.21. The summed E-state index contributed by atoms with van der Waals surface area (Å²) < 4.78 is 1.94. The highest BCUT2D eigenvalue weighted by atomic mass is 35.5. The number of hydrogen-bond acceptors (Lipinski definition) is 3. The third-order valence-corrected chi connectivity index (χ3v) is 3.24. The molecule has 20 heavy (non-hydrogen) atoms. The number of nitriles is 1. The second-order valence-corrected chi connectivity index (χ2v) is 6.03. The van der Waals surface area contributed by atoms with Crippen LogP contribution in [-0.4, -0.2) is 9.78 Å². The van der Waals surface area contributed by atoms with Crippen molar-refractivity contribution in [3.8, 4) is 6.07 Å². The second-order valence-electron chi connectivity index (χ2n) is 5.62. The quantitative estimate of drug-likeness (QED) is 0.935. The standard InChI is InChI=1S/C15H17ClN4/c1-15(2,3)20-10-11(9-19-20)8-18-13-4-5-14(16)12(6-13)7-17/h4-6,9-10,18H,8H2,1-3H3. The smallest absolute Gasteiger partial charge is 0.101 e. The van der Waals surface area contributed by atoms with E-state index in [1.807, 2.05) is 23.1 Å². The third-order valence-electron chi connectivity index (χ3n) is 2.91. The van der Waals surface area contributed by atoms with E-state index >= 15 is 0 Å². The Hall–Kier alpha value is -1.99. The summed E-state index contributed by atoms with van der Waals surface area (Å²) in [4.78, 5) is 0. The Balaban J connectivity index is 2.06. The van der Waals surface area contributed by atoms with E-state index < -0.39 is 0 Å². The fraction of sp³-hybridized carbons (Fsp3) is 0.333. The lowest BCUT2D eigenvalue weighted by Gasteiger charge is -2.18. The molecule has 5 heteroatoms. The molecule has 1 N–H and O–H groups in total. The van der Waals surface area contributed by atoms with E-state index in [9.17, 15) is 0 Å². The van der Waals surface area contributed by atoms with Crippen LogP contribution in [0.5, 0.6) is 0 Å². The SMILES string of the molecule is CC(C)(C)n1cc(CNc2ccc(Cl)c(C#N)c2)cn1. The molecular formula is C15H17ClN4. The highest BCUT2D eigenvalue weighted by Crippen LogP contribution is 2.20. The van der Waals surface area contributed by atoms with E-state index in [1.165, 1.54) is 0 Å². The zero-order valence-corrected chi connectivity index (χ0v) is 12.6. The van der Waals surface area contributed by atoms with Gasteiger partial charge in [0.1, 0.15) is 6.07 Å². The van der Waals surface area contributed by atoms with Gasteiger partial charge >= 0.3 is 0 Å². The first-order chi connectivity index (χ1) is 9.40. The Morgan fingerprint density at radius 1 is 1.40 bits per heavy atom. The Labute approximate surface area is 124 Å². The molecule has 0 amide bonds. The second kappa shape index (κ2) is 5.56. The third kappa shape index (κ3) is 3.31. The minimum atomic E-state index is -0.0213. The summed E-state index contributed by atoms with van der Waals surface area (Å²) in [5.74, 6) is 0. The molecule has 1 heterocycles. The van der Waals surface area contributed by atoms with E-state index in [0.717, 1.165) is 11.3 Å². The maximum atomic E-state index is 8.95. The van der Waals surface area contributed by atoms with E-state index in [4.69, 9.17) is 16.9 Å². The van der Waals surface area contributed by atoms with Gasteiger partial charge in [0, 0.05) is 24.0 Å². The number of nitrogens with one attached hydrogen (secondary N) is 1. The molecule has 0 atom stereocenters. The van der Waals surface area contributed by atoms with Crippen LogP contribution in [0.1, 0.15) is 31.9 Å². The fourth-order valence-corrected chi connectivity index (χ4v) is 1.90. The molecule has 2 aromatic rings. The van der Waals surface area contributed by atoms with E-state index in [1.54, 1.807) is 12.1 Å². The molecule has 1 aromatic heterocycles. The maximum Gasteiger partial charge on any atom is 0.101 e. The van der Waals surface area contributed by atoms with Crippen LogP contribution in [-0.2, 0) is 12.1 Å². The van der Waals surface area contributed by atoms with E-state index in [0.29, 0.717) is 17.1 Å². The Kier molecular flexibility index (Phi) is 4.01. The summed E-state index contributed by atoms with van der Waals surface area (Å²) in [6.07, 6.45) is 3.87. The van der Waals surface area contributed by atoms with Gasteiger partial charge < -0.3 is 5.32 Å². The number of benzene rings is 1. The number of nitrogens with zero attached hydrogens (tertiary/aromatic N) is 3. The summed E-state index contributed by atoms with van der Waals surface area (Å²) in [6, 6.07) is 7.40. The number of rotatable bonds is 3. The Bertz CT molecular complexity index is 647. The van der Waals surface area contributed by atoms with Gasteiger partial charge in [-0.05, 0) is 39.0 Å². The van der Waals surface area contributed by atoms with Gasteiger partial charge in [0.15, 0.2) is 0 Å². The highest BCUT2D eigenvalue weighted by molar-refractivity contribution is 6.31. The average Bonchev–Trinajstić information content (AvgIpc) is 2.86. The van der Waals surface area contributed by atoms with Crippen molar-refractivity contribution in [1.29, 1.82) is 5.26 Å². The van der Waals surface area contributed by atoms with Crippen molar-refractivity contribution in [2.75, 3.05) is 5.32 Å². The summed E-state index contributed by atoms with van der Waals surface area (Å²) in [5.41, 5.74) is 2.41. The Morgan fingerprint density at radius 2 is 2.15 bits per heavy atom. The molecule has 4 nitrogen and oxygen atoms in total. The lowest BCUT2D eigenvalue weighted by molar-refractivity contribution is 0.355. The van der Waals surface area contributed by atoms with Crippen molar-refractivity contribution >= 4 is 17.3 Å². The molecule has 2 rings (SSSR count). The molecule has 0 aliphatic rings. The predicted molar refractivity (Wildman–Crippen MR) is 80.7 cm³/mol. The first-order valence-corrected chi connectivity index (χ1v) is 6.75. The summed E-state index contributed by atoms with van der Waals surface area (Å²) in [6.45, 7) is 6.98. The Morgan fingerprint density at radius 3 is 2.75 bits per heavy atom. The molecule has 0 fully saturated rings. The number of anilines is 1. The molecule has 0 bridgehead atoms. The van der Waals surface area contributed by atoms with Crippen LogP contribution in [0.4, 0.5) is 5.69 Å². The zero-order valence-electron chi connectivity index (χ0n) is 11.8. The van der Waals surface area contributed by atoms with Gasteiger partial charge in [-0.25, -0.2) is 0 Å². The van der Waals surface area contributed by atoms with Gasteiger partial charge in [0.25, 0.3) is 0 Å². The van der Waals surface area contributed by atoms with Crippen LogP contribution in [0.15, 0.2) is 30.6 Å². The lowest BCUT2D eigenvalue weighted by atomic mass is 10.1. The van der Waals surface area contributed by atoms with Crippen molar-refractivity contribution in [1.82, 2.24) is 9.78 Å². The molecular weight excluding hydrogens is 272 g/mol. The van der Waals surface area contributed by atoms with Crippen LogP contribution < -0.4 is 5.32 Å². The van der Waals surface area contributed by atoms with E-state index in [-0.39, 0.29) is 5.54 Å². The largest absolute Gasteiger partial charge is 0.381 e. The predicted octanol–water partition coefficient (Wildman–Crippen LogP) is 3.78. The van der Waals surface area contributed by atoms with E-state index in [2.05, 4.69) is 37.3 Å². The average molecular weight is 289 g/mol. The number of halogens is 1. The van der Waals surface area contributed by atoms with Gasteiger partial charge in [-0.1, -0.05) is 11.6 Å². The van der Waals surface area contributed by atoms with Crippen LogP contribution in [0.25, 0.3) is 0 Å². The molecule has 0 aliphatic heterocycles.